The molecule has 0 aliphatic carbocycles. The van der Waals surface area contributed by atoms with Gasteiger partial charge in [-0.05, 0) is 37.6 Å². The maximum atomic E-state index is 11.7. The van der Waals surface area contributed by atoms with E-state index in [0.717, 1.165) is 5.56 Å². The smallest absolute Gasteiger partial charge is 0.251 e. The Kier molecular flexibility index (Phi) is 3.68. The zero-order valence-electron chi connectivity index (χ0n) is 8.95. The van der Waals surface area contributed by atoms with Crippen molar-refractivity contribution < 1.29 is 9.90 Å². The van der Waals surface area contributed by atoms with Gasteiger partial charge in [-0.2, -0.15) is 0 Å². The fraction of sp³-hybridized carbons (Fsp3) is 0.364. The lowest BCUT2D eigenvalue weighted by Crippen LogP contribution is -2.38. The Morgan fingerprint density at radius 1 is 1.60 bits per heavy atom. The van der Waals surface area contributed by atoms with Crippen molar-refractivity contribution in [2.75, 3.05) is 6.54 Å². The molecule has 0 saturated carbocycles. The van der Waals surface area contributed by atoms with Crippen LogP contribution in [-0.2, 0) is 0 Å². The van der Waals surface area contributed by atoms with E-state index in [1.807, 2.05) is 6.92 Å². The number of benzene rings is 1. The van der Waals surface area contributed by atoms with Crippen LogP contribution >= 0.6 is 0 Å². The third kappa shape index (κ3) is 2.95. The average Bonchev–Trinajstić information content (AvgIpc) is 2.17. The molecule has 0 bridgehead atoms. The molecule has 1 rings (SSSR count). The van der Waals surface area contributed by atoms with E-state index in [0.29, 0.717) is 12.1 Å². The largest absolute Gasteiger partial charge is 0.508 e. The van der Waals surface area contributed by atoms with Crippen molar-refractivity contribution in [3.8, 4) is 5.75 Å². The number of aryl methyl sites for hydroxylation is 1. The summed E-state index contributed by atoms with van der Waals surface area (Å²) in [5.74, 6) is 0.00127. The standard InChI is InChI=1S/C11H16N2O2/c1-7-5-9(14)3-4-10(7)11(15)13-8(2)6-12/h3-5,8,14H,6,12H2,1-2H3,(H,13,15)/t8-/m1/s1. The number of carbonyl (C=O) groups excluding carboxylic acids is 1. The molecule has 0 radical (unpaired) electrons. The minimum atomic E-state index is -0.162. The normalized spacial score (nSPS) is 12.2. The molecule has 1 amide bonds. The van der Waals surface area contributed by atoms with Crippen LogP contribution in [0.25, 0.3) is 0 Å². The van der Waals surface area contributed by atoms with Gasteiger partial charge in [0.1, 0.15) is 5.75 Å². The van der Waals surface area contributed by atoms with E-state index >= 15 is 0 Å². The lowest BCUT2D eigenvalue weighted by molar-refractivity contribution is 0.0940. The number of rotatable bonds is 3. The molecule has 4 N–H and O–H groups in total. The van der Waals surface area contributed by atoms with E-state index in [1.54, 1.807) is 19.1 Å². The Balaban J connectivity index is 2.82. The lowest BCUT2D eigenvalue weighted by atomic mass is 10.1. The Morgan fingerprint density at radius 3 is 2.80 bits per heavy atom. The van der Waals surface area contributed by atoms with Crippen molar-refractivity contribution in [1.29, 1.82) is 0 Å². The number of nitrogens with one attached hydrogen (secondary N) is 1. The summed E-state index contributed by atoms with van der Waals surface area (Å²) >= 11 is 0. The molecular weight excluding hydrogens is 192 g/mol. The van der Waals surface area contributed by atoms with E-state index in [2.05, 4.69) is 5.32 Å². The van der Waals surface area contributed by atoms with E-state index in [-0.39, 0.29) is 17.7 Å². The first-order chi connectivity index (χ1) is 7.04. The summed E-state index contributed by atoms with van der Waals surface area (Å²) in [6.45, 7) is 4.03. The number of nitrogens with two attached hydrogens (primary N) is 1. The van der Waals surface area contributed by atoms with Gasteiger partial charge in [0.15, 0.2) is 0 Å². The molecule has 1 aromatic carbocycles. The number of phenols is 1. The zero-order valence-corrected chi connectivity index (χ0v) is 8.95. The summed E-state index contributed by atoms with van der Waals surface area (Å²) in [5.41, 5.74) is 6.72. The summed E-state index contributed by atoms with van der Waals surface area (Å²) in [4.78, 5) is 11.7. The molecule has 4 heteroatoms. The highest BCUT2D eigenvalue weighted by molar-refractivity contribution is 5.95. The molecular formula is C11H16N2O2. The van der Waals surface area contributed by atoms with Crippen molar-refractivity contribution in [3.63, 3.8) is 0 Å². The van der Waals surface area contributed by atoms with Crippen LogP contribution in [0.1, 0.15) is 22.8 Å². The predicted molar refractivity (Wildman–Crippen MR) is 58.8 cm³/mol. The summed E-state index contributed by atoms with van der Waals surface area (Å²) in [6.07, 6.45) is 0. The van der Waals surface area contributed by atoms with Gasteiger partial charge in [0.2, 0.25) is 0 Å². The van der Waals surface area contributed by atoms with Gasteiger partial charge < -0.3 is 16.2 Å². The van der Waals surface area contributed by atoms with Crippen LogP contribution in [0.4, 0.5) is 0 Å². The van der Waals surface area contributed by atoms with E-state index in [1.165, 1.54) is 6.07 Å². The van der Waals surface area contributed by atoms with Crippen LogP contribution in [-0.4, -0.2) is 23.6 Å². The van der Waals surface area contributed by atoms with Gasteiger partial charge in [0, 0.05) is 18.2 Å². The number of aromatic hydroxyl groups is 1. The topological polar surface area (TPSA) is 75.3 Å². The highest BCUT2D eigenvalue weighted by atomic mass is 16.3. The van der Waals surface area contributed by atoms with E-state index < -0.39 is 0 Å². The van der Waals surface area contributed by atoms with Gasteiger partial charge in [-0.1, -0.05) is 0 Å². The molecule has 0 spiro atoms. The van der Waals surface area contributed by atoms with E-state index in [9.17, 15) is 9.90 Å². The third-order valence-electron chi connectivity index (χ3n) is 2.19. The Morgan fingerprint density at radius 2 is 2.27 bits per heavy atom. The number of amides is 1. The Labute approximate surface area is 89.1 Å². The molecule has 1 atom stereocenters. The fourth-order valence-electron chi connectivity index (χ4n) is 1.26. The second kappa shape index (κ2) is 4.79. The highest BCUT2D eigenvalue weighted by Crippen LogP contribution is 2.15. The van der Waals surface area contributed by atoms with Gasteiger partial charge in [0.25, 0.3) is 5.91 Å². The van der Waals surface area contributed by atoms with Gasteiger partial charge in [0.05, 0.1) is 0 Å². The van der Waals surface area contributed by atoms with Crippen molar-refractivity contribution in [2.45, 2.75) is 19.9 Å². The summed E-state index contributed by atoms with van der Waals surface area (Å²) in [6, 6.07) is 4.60. The van der Waals surface area contributed by atoms with Crippen LogP contribution in [0, 0.1) is 6.92 Å². The Hall–Kier alpha value is -1.55. The molecule has 0 aromatic heterocycles. The van der Waals surface area contributed by atoms with E-state index in [4.69, 9.17) is 5.73 Å². The zero-order chi connectivity index (χ0) is 11.4. The van der Waals surface area contributed by atoms with Crippen molar-refractivity contribution in [1.82, 2.24) is 5.32 Å². The quantitative estimate of drug-likeness (QED) is 0.687. The first-order valence-electron chi connectivity index (χ1n) is 4.85. The maximum Gasteiger partial charge on any atom is 0.251 e. The van der Waals surface area contributed by atoms with Crippen LogP contribution in [0.5, 0.6) is 5.75 Å². The second-order valence-corrected chi connectivity index (χ2v) is 3.61. The number of hydrogen-bond acceptors (Lipinski definition) is 3. The van der Waals surface area contributed by atoms with Crippen molar-refractivity contribution >= 4 is 5.91 Å². The maximum absolute atomic E-state index is 11.7. The molecule has 1 aromatic rings. The number of carbonyl (C=O) groups is 1. The first kappa shape index (κ1) is 11.5. The summed E-state index contributed by atoms with van der Waals surface area (Å²) in [5, 5.41) is 12.0. The SMILES string of the molecule is Cc1cc(O)ccc1C(=O)N[C@H](C)CN. The molecule has 0 aliphatic rings. The molecule has 15 heavy (non-hydrogen) atoms. The molecule has 0 saturated heterocycles. The predicted octanol–water partition coefficient (Wildman–Crippen LogP) is 0.778. The Bertz CT molecular complexity index is 364. The van der Waals surface area contributed by atoms with Gasteiger partial charge >= 0.3 is 0 Å². The highest BCUT2D eigenvalue weighted by Gasteiger charge is 2.11. The molecule has 0 aliphatic heterocycles. The monoisotopic (exact) mass is 208 g/mol. The molecule has 82 valence electrons. The van der Waals surface area contributed by atoms with Crippen molar-refractivity contribution in [2.24, 2.45) is 5.73 Å². The molecule has 4 nitrogen and oxygen atoms in total. The van der Waals surface area contributed by atoms with Crippen LogP contribution < -0.4 is 11.1 Å². The number of phenolic OH excluding ortho intramolecular Hbond substituents is 1. The van der Waals surface area contributed by atoms with Crippen LogP contribution in [0.3, 0.4) is 0 Å². The number of hydrogen-bond donors (Lipinski definition) is 3. The average molecular weight is 208 g/mol. The second-order valence-electron chi connectivity index (χ2n) is 3.61. The van der Waals surface area contributed by atoms with Gasteiger partial charge in [-0.15, -0.1) is 0 Å². The minimum Gasteiger partial charge on any atom is -0.508 e. The van der Waals surface area contributed by atoms with Crippen LogP contribution in [0.2, 0.25) is 0 Å². The lowest BCUT2D eigenvalue weighted by Gasteiger charge is -2.12. The molecule has 0 heterocycles. The summed E-state index contributed by atoms with van der Waals surface area (Å²) < 4.78 is 0. The fourth-order valence-corrected chi connectivity index (χ4v) is 1.26. The van der Waals surface area contributed by atoms with Crippen molar-refractivity contribution in [3.05, 3.63) is 29.3 Å². The third-order valence-corrected chi connectivity index (χ3v) is 2.19. The minimum absolute atomic E-state index is 0.0503. The van der Waals surface area contributed by atoms with Gasteiger partial charge in [-0.25, -0.2) is 0 Å². The molecule has 0 unspecified atom stereocenters. The van der Waals surface area contributed by atoms with Crippen LogP contribution in [0.15, 0.2) is 18.2 Å². The molecule has 0 fully saturated rings. The summed E-state index contributed by atoms with van der Waals surface area (Å²) in [7, 11) is 0. The first-order valence-corrected chi connectivity index (χ1v) is 4.85. The van der Waals surface area contributed by atoms with Gasteiger partial charge in [-0.3, -0.25) is 4.79 Å².